The molecule has 206 valence electrons. The van der Waals surface area contributed by atoms with Crippen LogP contribution in [0, 0.1) is 5.41 Å². The summed E-state index contributed by atoms with van der Waals surface area (Å²) >= 11 is 7.81. The van der Waals surface area contributed by atoms with Gasteiger partial charge in [0.2, 0.25) is 0 Å². The molecule has 0 saturated carbocycles. The summed E-state index contributed by atoms with van der Waals surface area (Å²) in [5.74, 6) is 0.795. The lowest BCUT2D eigenvalue weighted by Crippen LogP contribution is -2.50. The molecule has 1 aromatic carbocycles. The van der Waals surface area contributed by atoms with Crippen molar-refractivity contribution in [2.24, 2.45) is 11.1 Å². The third kappa shape index (κ3) is 5.97. The van der Waals surface area contributed by atoms with Gasteiger partial charge in [-0.1, -0.05) is 29.4 Å². The van der Waals surface area contributed by atoms with Gasteiger partial charge in [-0.25, -0.2) is 27.9 Å². The number of benzene rings is 1. The Balaban J connectivity index is 1.20. The Bertz CT molecular complexity index is 1440. The van der Waals surface area contributed by atoms with Gasteiger partial charge in [0, 0.05) is 41.8 Å². The normalized spacial score (nSPS) is 20.6. The minimum Gasteiger partial charge on any atom is -0.376 e. The number of pyridine rings is 1. The van der Waals surface area contributed by atoms with E-state index < -0.39 is 16.1 Å². The van der Waals surface area contributed by atoms with Gasteiger partial charge in [-0.2, -0.15) is 0 Å². The number of halogens is 1. The van der Waals surface area contributed by atoms with Gasteiger partial charge in [0.1, 0.15) is 10.8 Å². The molecule has 1 spiro atoms. The summed E-state index contributed by atoms with van der Waals surface area (Å²) in [5.41, 5.74) is 6.71. The van der Waals surface area contributed by atoms with Crippen LogP contribution in [0.15, 0.2) is 69.9 Å². The predicted molar refractivity (Wildman–Crippen MR) is 148 cm³/mol. The van der Waals surface area contributed by atoms with Crippen molar-refractivity contribution in [1.82, 2.24) is 19.7 Å². The zero-order valence-corrected chi connectivity index (χ0v) is 23.5. The van der Waals surface area contributed by atoms with E-state index in [1.54, 1.807) is 30.6 Å². The number of urea groups is 1. The minimum atomic E-state index is -4.06. The molecule has 0 radical (unpaired) electrons. The fourth-order valence-corrected chi connectivity index (χ4v) is 6.79. The lowest BCUT2D eigenvalue weighted by Gasteiger charge is -2.41. The van der Waals surface area contributed by atoms with Gasteiger partial charge in [-0.05, 0) is 44.0 Å². The highest BCUT2D eigenvalue weighted by atomic mass is 35.5. The molecule has 5 rings (SSSR count). The molecule has 14 heteroatoms. The van der Waals surface area contributed by atoms with Crippen molar-refractivity contribution in [3.8, 4) is 0 Å². The number of anilines is 2. The summed E-state index contributed by atoms with van der Waals surface area (Å²) in [6, 6.07) is 6.73. The maximum Gasteiger partial charge on any atom is 0.333 e. The predicted octanol–water partition coefficient (Wildman–Crippen LogP) is 3.52. The van der Waals surface area contributed by atoms with Crippen molar-refractivity contribution in [2.45, 2.75) is 46.7 Å². The molecule has 0 bridgehead atoms. The summed E-state index contributed by atoms with van der Waals surface area (Å²) in [5, 5.41) is 3.36. The van der Waals surface area contributed by atoms with Gasteiger partial charge >= 0.3 is 6.03 Å². The Morgan fingerprint density at radius 3 is 2.56 bits per heavy atom. The van der Waals surface area contributed by atoms with E-state index in [-0.39, 0.29) is 33.2 Å². The number of amides is 2. The van der Waals surface area contributed by atoms with E-state index in [0.717, 1.165) is 31.7 Å². The molecule has 2 atom stereocenters. The van der Waals surface area contributed by atoms with E-state index in [0.29, 0.717) is 16.5 Å². The first-order chi connectivity index (χ1) is 18.7. The third-order valence-corrected chi connectivity index (χ3v) is 10.0. The molecule has 3 aromatic rings. The summed E-state index contributed by atoms with van der Waals surface area (Å²) in [6.45, 7) is 4.42. The Morgan fingerprint density at radius 1 is 1.18 bits per heavy atom. The monoisotopic (exact) mass is 589 g/mol. The van der Waals surface area contributed by atoms with Crippen LogP contribution in [0.3, 0.4) is 0 Å². The number of hydrogen-bond acceptors (Lipinski definition) is 10. The van der Waals surface area contributed by atoms with Gasteiger partial charge < -0.3 is 20.7 Å². The molecule has 2 aromatic heterocycles. The molecule has 0 aliphatic carbocycles. The number of piperidine rings is 1. The highest BCUT2D eigenvalue weighted by Crippen LogP contribution is 2.42. The maximum atomic E-state index is 12.4. The second-order valence-corrected chi connectivity index (χ2v) is 12.7. The maximum absolute atomic E-state index is 12.4. The second-order valence-electron chi connectivity index (χ2n) is 9.57. The summed E-state index contributed by atoms with van der Waals surface area (Å²) in [4.78, 5) is 28.1. The highest BCUT2D eigenvalue weighted by molar-refractivity contribution is 7.99. The van der Waals surface area contributed by atoms with Crippen LogP contribution in [0.2, 0.25) is 5.02 Å². The van der Waals surface area contributed by atoms with Crippen molar-refractivity contribution < 1.29 is 17.9 Å². The van der Waals surface area contributed by atoms with Crippen molar-refractivity contribution >= 4 is 50.9 Å². The van der Waals surface area contributed by atoms with Crippen LogP contribution in [0.1, 0.15) is 19.8 Å². The number of carbonyl (C=O) groups excluding carboxylic acids is 1. The van der Waals surface area contributed by atoms with Crippen LogP contribution < -0.4 is 20.7 Å². The molecule has 2 saturated heterocycles. The average Bonchev–Trinajstić information content (AvgIpc) is 3.20. The Labute approximate surface area is 236 Å². The van der Waals surface area contributed by atoms with Gasteiger partial charge in [-0.15, -0.1) is 0 Å². The van der Waals surface area contributed by atoms with E-state index in [1.165, 1.54) is 36.3 Å². The van der Waals surface area contributed by atoms with E-state index in [9.17, 15) is 13.2 Å². The molecule has 2 amide bonds. The van der Waals surface area contributed by atoms with Crippen molar-refractivity contribution in [3.63, 3.8) is 0 Å². The van der Waals surface area contributed by atoms with Crippen LogP contribution >= 0.6 is 23.4 Å². The number of carbonyl (C=O) groups is 1. The number of aromatic nitrogens is 3. The zero-order chi connectivity index (χ0) is 27.6. The highest BCUT2D eigenvalue weighted by Gasteiger charge is 2.47. The van der Waals surface area contributed by atoms with Crippen LogP contribution in [0.5, 0.6) is 0 Å². The number of nitrogens with one attached hydrogen (secondary N) is 2. The van der Waals surface area contributed by atoms with Gasteiger partial charge in [0.15, 0.2) is 0 Å². The first kappa shape index (κ1) is 27.6. The largest absolute Gasteiger partial charge is 0.376 e. The average molecular weight is 590 g/mol. The van der Waals surface area contributed by atoms with Crippen molar-refractivity contribution in [2.75, 3.05) is 29.9 Å². The molecular weight excluding hydrogens is 562 g/mol. The quantitative estimate of drug-likeness (QED) is 0.389. The second kappa shape index (κ2) is 11.3. The van der Waals surface area contributed by atoms with E-state index in [2.05, 4.69) is 25.2 Å². The van der Waals surface area contributed by atoms with Crippen LogP contribution in [0.25, 0.3) is 0 Å². The molecule has 4 N–H and O–H groups in total. The first-order valence-electron chi connectivity index (χ1n) is 12.3. The summed E-state index contributed by atoms with van der Waals surface area (Å²) < 4.78 is 32.6. The molecule has 2 aliphatic rings. The molecule has 0 unspecified atom stereocenters. The van der Waals surface area contributed by atoms with Crippen LogP contribution in [-0.4, -0.2) is 61.2 Å². The molecule has 2 fully saturated rings. The summed E-state index contributed by atoms with van der Waals surface area (Å²) in [7, 11) is -4.06. The number of sulfonamides is 1. The molecule has 2 aliphatic heterocycles. The van der Waals surface area contributed by atoms with Crippen molar-refractivity contribution in [1.29, 1.82) is 0 Å². The summed E-state index contributed by atoms with van der Waals surface area (Å²) in [6.07, 6.45) is 8.05. The van der Waals surface area contributed by atoms with E-state index >= 15 is 0 Å². The van der Waals surface area contributed by atoms with E-state index in [1.807, 2.05) is 11.6 Å². The molecular formula is C25H28ClN7O4S2. The SMILES string of the molecule is C[C@@H]1OCC2(CCN(c3cnc(Sc4cccc(NC(=O)NS(=O)(=O)c5ccncc5)c4Cl)cn3)CC2)[C@@H]1N. The number of rotatable bonds is 6. The van der Waals surface area contributed by atoms with Crippen LogP contribution in [0.4, 0.5) is 16.3 Å². The topological polar surface area (TPSA) is 152 Å². The minimum absolute atomic E-state index is 0.0368. The molecule has 4 heterocycles. The lowest BCUT2D eigenvalue weighted by molar-refractivity contribution is 0.0974. The zero-order valence-electron chi connectivity index (χ0n) is 21.1. The smallest absolute Gasteiger partial charge is 0.333 e. The van der Waals surface area contributed by atoms with E-state index in [4.69, 9.17) is 22.1 Å². The Hall–Kier alpha value is -2.97. The molecule has 11 nitrogen and oxygen atoms in total. The third-order valence-electron chi connectivity index (χ3n) is 7.16. The van der Waals surface area contributed by atoms with Crippen molar-refractivity contribution in [3.05, 3.63) is 60.1 Å². The first-order valence-corrected chi connectivity index (χ1v) is 15.0. The fraction of sp³-hybridized carbons (Fsp3) is 0.360. The standard InChI is InChI=1S/C25H28ClN7O4S2/c1-16-23(27)25(15-37-16)7-11-33(12-8-25)20-13-30-21(14-29-20)38-19-4-2-3-18(22(19)26)31-24(34)32-39(35,36)17-5-9-28-10-6-17/h2-6,9-10,13-14,16,23H,7-8,11-12,15,27H2,1H3,(H2,31,32,34)/t16-,23+/m0/s1. The number of nitrogens with two attached hydrogens (primary N) is 1. The van der Waals surface area contributed by atoms with Gasteiger partial charge in [0.25, 0.3) is 10.0 Å². The fourth-order valence-electron chi connectivity index (χ4n) is 4.82. The number of nitrogens with zero attached hydrogens (tertiary/aromatic N) is 4. The Kier molecular flexibility index (Phi) is 7.96. The molecule has 39 heavy (non-hydrogen) atoms. The lowest BCUT2D eigenvalue weighted by atomic mass is 9.73. The van der Waals surface area contributed by atoms with Gasteiger partial charge in [-0.3, -0.25) is 4.98 Å². The number of hydrogen-bond donors (Lipinski definition) is 3. The van der Waals surface area contributed by atoms with Crippen LogP contribution in [-0.2, 0) is 14.8 Å². The van der Waals surface area contributed by atoms with Gasteiger partial charge in [0.05, 0.1) is 40.7 Å². The number of ether oxygens (including phenoxy) is 1. The Morgan fingerprint density at radius 2 is 1.92 bits per heavy atom.